The predicted molar refractivity (Wildman–Crippen MR) is 141 cm³/mol. The van der Waals surface area contributed by atoms with Gasteiger partial charge in [0, 0.05) is 47.7 Å². The van der Waals surface area contributed by atoms with Crippen LogP contribution in [0.2, 0.25) is 0 Å². The lowest BCUT2D eigenvalue weighted by molar-refractivity contribution is 0.434. The molecular formula is C28H26N6O2. The standard InChI is InChI=1S/C28H26N6O2/c1-18(2)34-17-21(12-13-26(34)35)24-16-31-28(29)27(32-24)25-14-23(33-36-25)20-10-8-19(9-11-20)15-30-22-6-4-3-5-7-22/h3-14,16-18,30H,15H2,1-2H3,(H2,29,31). The van der Waals surface area contributed by atoms with Crippen molar-refractivity contribution in [2.24, 2.45) is 0 Å². The van der Waals surface area contributed by atoms with Gasteiger partial charge in [0.2, 0.25) is 0 Å². The number of hydrogen-bond donors (Lipinski definition) is 2. The van der Waals surface area contributed by atoms with Crippen LogP contribution in [0, 0.1) is 0 Å². The van der Waals surface area contributed by atoms with Gasteiger partial charge in [-0.05, 0) is 37.6 Å². The molecule has 3 heterocycles. The molecule has 5 rings (SSSR count). The lowest BCUT2D eigenvalue weighted by Crippen LogP contribution is -2.20. The third kappa shape index (κ3) is 4.88. The van der Waals surface area contributed by atoms with Crippen LogP contribution in [0.25, 0.3) is 34.0 Å². The number of nitrogens with two attached hydrogens (primary N) is 1. The van der Waals surface area contributed by atoms with Crippen LogP contribution >= 0.6 is 0 Å². The molecule has 36 heavy (non-hydrogen) atoms. The highest BCUT2D eigenvalue weighted by Crippen LogP contribution is 2.29. The molecule has 0 atom stereocenters. The van der Waals surface area contributed by atoms with E-state index in [-0.39, 0.29) is 17.4 Å². The average molecular weight is 479 g/mol. The summed E-state index contributed by atoms with van der Waals surface area (Å²) >= 11 is 0. The fraction of sp³-hybridized carbons (Fsp3) is 0.143. The van der Waals surface area contributed by atoms with E-state index in [2.05, 4.69) is 32.6 Å². The lowest BCUT2D eigenvalue weighted by atomic mass is 10.1. The molecule has 0 unspecified atom stereocenters. The number of nitrogens with zero attached hydrogens (tertiary/aromatic N) is 4. The number of anilines is 2. The van der Waals surface area contributed by atoms with Gasteiger partial charge in [-0.15, -0.1) is 0 Å². The first-order valence-corrected chi connectivity index (χ1v) is 11.7. The highest BCUT2D eigenvalue weighted by atomic mass is 16.5. The number of rotatable bonds is 7. The minimum absolute atomic E-state index is 0.0241. The van der Waals surface area contributed by atoms with Gasteiger partial charge in [0.15, 0.2) is 17.3 Å². The van der Waals surface area contributed by atoms with E-state index >= 15 is 0 Å². The molecule has 3 N–H and O–H groups in total. The molecule has 180 valence electrons. The van der Waals surface area contributed by atoms with Crippen molar-refractivity contribution in [2.45, 2.75) is 26.4 Å². The summed E-state index contributed by atoms with van der Waals surface area (Å²) in [5.41, 5.74) is 11.6. The molecule has 0 radical (unpaired) electrons. The molecule has 0 aliphatic rings. The summed E-state index contributed by atoms with van der Waals surface area (Å²) < 4.78 is 7.24. The molecule has 0 saturated heterocycles. The number of nitrogen functional groups attached to an aromatic ring is 1. The van der Waals surface area contributed by atoms with Gasteiger partial charge < -0.3 is 20.1 Å². The van der Waals surface area contributed by atoms with Gasteiger partial charge in [0.1, 0.15) is 5.69 Å². The lowest BCUT2D eigenvalue weighted by Gasteiger charge is -2.11. The van der Waals surface area contributed by atoms with Crippen molar-refractivity contribution in [3.63, 3.8) is 0 Å². The summed E-state index contributed by atoms with van der Waals surface area (Å²) in [5.74, 6) is 0.657. The monoisotopic (exact) mass is 478 g/mol. The van der Waals surface area contributed by atoms with E-state index in [4.69, 9.17) is 10.3 Å². The number of hydrogen-bond acceptors (Lipinski definition) is 7. The van der Waals surface area contributed by atoms with Crippen LogP contribution in [-0.4, -0.2) is 19.7 Å². The molecular weight excluding hydrogens is 452 g/mol. The molecule has 0 spiro atoms. The Bertz CT molecular complexity index is 1540. The van der Waals surface area contributed by atoms with Crippen molar-refractivity contribution in [1.82, 2.24) is 19.7 Å². The fourth-order valence-electron chi connectivity index (χ4n) is 3.85. The Hall–Kier alpha value is -4.72. The quantitative estimate of drug-likeness (QED) is 0.322. The molecule has 8 heteroatoms. The van der Waals surface area contributed by atoms with Crippen molar-refractivity contribution in [3.05, 3.63) is 101 Å². The molecule has 0 aliphatic carbocycles. The van der Waals surface area contributed by atoms with Crippen LogP contribution < -0.4 is 16.6 Å². The van der Waals surface area contributed by atoms with Crippen molar-refractivity contribution >= 4 is 11.5 Å². The smallest absolute Gasteiger partial charge is 0.250 e. The fourth-order valence-corrected chi connectivity index (χ4v) is 3.85. The number of aromatic nitrogens is 4. The molecule has 0 bridgehead atoms. The SMILES string of the molecule is CC(C)n1cc(-c2cnc(N)c(-c3cc(-c4ccc(CNc5ccccc5)cc4)no3)n2)ccc1=O. The van der Waals surface area contributed by atoms with Gasteiger partial charge in [-0.25, -0.2) is 9.97 Å². The maximum absolute atomic E-state index is 12.1. The summed E-state index contributed by atoms with van der Waals surface area (Å²) in [5, 5.41) is 7.62. The summed E-state index contributed by atoms with van der Waals surface area (Å²) in [6, 6.07) is 23.3. The van der Waals surface area contributed by atoms with Crippen LogP contribution in [0.15, 0.2) is 94.5 Å². The van der Waals surface area contributed by atoms with E-state index in [1.807, 2.05) is 56.3 Å². The zero-order valence-electron chi connectivity index (χ0n) is 20.1. The van der Waals surface area contributed by atoms with Gasteiger partial charge in [0.25, 0.3) is 5.56 Å². The molecule has 0 aliphatic heterocycles. The van der Waals surface area contributed by atoms with E-state index in [1.165, 1.54) is 6.07 Å². The van der Waals surface area contributed by atoms with Gasteiger partial charge >= 0.3 is 0 Å². The third-order valence-electron chi connectivity index (χ3n) is 5.85. The number of benzene rings is 2. The van der Waals surface area contributed by atoms with Crippen molar-refractivity contribution < 1.29 is 4.52 Å². The first kappa shape index (κ1) is 23.0. The zero-order chi connectivity index (χ0) is 25.1. The Morgan fingerprint density at radius 1 is 0.972 bits per heavy atom. The van der Waals surface area contributed by atoms with Crippen LogP contribution in [0.3, 0.4) is 0 Å². The second-order valence-corrected chi connectivity index (χ2v) is 8.74. The normalized spacial score (nSPS) is 11.1. The van der Waals surface area contributed by atoms with Crippen molar-refractivity contribution in [2.75, 3.05) is 11.1 Å². The topological polar surface area (TPSA) is 112 Å². The predicted octanol–water partition coefficient (Wildman–Crippen LogP) is 5.40. The van der Waals surface area contributed by atoms with Crippen molar-refractivity contribution in [3.8, 4) is 34.0 Å². The van der Waals surface area contributed by atoms with Crippen molar-refractivity contribution in [1.29, 1.82) is 0 Å². The molecule has 2 aromatic carbocycles. The second kappa shape index (κ2) is 9.87. The van der Waals surface area contributed by atoms with E-state index in [9.17, 15) is 4.79 Å². The minimum Gasteiger partial charge on any atom is -0.382 e. The van der Waals surface area contributed by atoms with E-state index < -0.39 is 0 Å². The Balaban J connectivity index is 1.37. The maximum atomic E-state index is 12.1. The minimum atomic E-state index is -0.0703. The second-order valence-electron chi connectivity index (χ2n) is 8.74. The number of nitrogens with one attached hydrogen (secondary N) is 1. The number of pyridine rings is 1. The maximum Gasteiger partial charge on any atom is 0.250 e. The summed E-state index contributed by atoms with van der Waals surface area (Å²) in [4.78, 5) is 21.1. The summed E-state index contributed by atoms with van der Waals surface area (Å²) in [7, 11) is 0. The van der Waals surface area contributed by atoms with Gasteiger partial charge in [-0.2, -0.15) is 0 Å². The average Bonchev–Trinajstić information content (AvgIpc) is 3.39. The van der Waals surface area contributed by atoms with Crippen LogP contribution in [0.5, 0.6) is 0 Å². The summed E-state index contributed by atoms with van der Waals surface area (Å²) in [6.07, 6.45) is 3.36. The molecule has 0 amide bonds. The Kier molecular flexibility index (Phi) is 6.32. The third-order valence-corrected chi connectivity index (χ3v) is 5.85. The molecule has 3 aromatic heterocycles. The van der Waals surface area contributed by atoms with E-state index in [0.29, 0.717) is 22.8 Å². The highest BCUT2D eigenvalue weighted by molar-refractivity contribution is 5.72. The zero-order valence-corrected chi connectivity index (χ0v) is 20.1. The van der Waals surface area contributed by atoms with E-state index in [0.717, 1.165) is 28.9 Å². The highest BCUT2D eigenvalue weighted by Gasteiger charge is 2.16. The summed E-state index contributed by atoms with van der Waals surface area (Å²) in [6.45, 7) is 4.62. The Morgan fingerprint density at radius 2 is 1.72 bits per heavy atom. The molecule has 0 saturated carbocycles. The first-order valence-electron chi connectivity index (χ1n) is 11.7. The molecule has 8 nitrogen and oxygen atoms in total. The Morgan fingerprint density at radius 3 is 2.47 bits per heavy atom. The number of para-hydroxylation sites is 1. The molecule has 0 fully saturated rings. The van der Waals surface area contributed by atoms with Gasteiger partial charge in [0.05, 0.1) is 11.9 Å². The first-order chi connectivity index (χ1) is 17.5. The largest absolute Gasteiger partial charge is 0.382 e. The van der Waals surface area contributed by atoms with Gasteiger partial charge in [-0.1, -0.05) is 47.6 Å². The van der Waals surface area contributed by atoms with E-state index in [1.54, 1.807) is 29.1 Å². The van der Waals surface area contributed by atoms with Crippen LogP contribution in [0.4, 0.5) is 11.5 Å². The van der Waals surface area contributed by atoms with Crippen LogP contribution in [-0.2, 0) is 6.54 Å². The van der Waals surface area contributed by atoms with Crippen LogP contribution in [0.1, 0.15) is 25.5 Å². The molecule has 5 aromatic rings. The van der Waals surface area contributed by atoms with Gasteiger partial charge in [-0.3, -0.25) is 4.79 Å². The Labute approximate surface area is 208 Å².